The average molecular weight is 289 g/mol. The molecule has 0 unspecified atom stereocenters. The van der Waals surface area contributed by atoms with Gasteiger partial charge in [0, 0.05) is 0 Å². The Morgan fingerprint density at radius 2 is 2.19 bits per heavy atom. The van der Waals surface area contributed by atoms with E-state index in [-0.39, 0.29) is 5.56 Å². The number of hydrogen-bond acceptors (Lipinski definition) is 5. The molecular weight excluding hydrogens is 270 g/mol. The first kappa shape index (κ1) is 16.4. The lowest BCUT2D eigenvalue weighted by molar-refractivity contribution is 0.0697. The summed E-state index contributed by atoms with van der Waals surface area (Å²) in [6, 6.07) is 6.53. The van der Waals surface area contributed by atoms with E-state index in [0.29, 0.717) is 24.3 Å². The average Bonchev–Trinajstić information content (AvgIpc) is 2.49. The number of aromatic carboxylic acids is 1. The van der Waals surface area contributed by atoms with Crippen molar-refractivity contribution in [3.8, 4) is 0 Å². The third kappa shape index (κ3) is 5.90. The highest BCUT2D eigenvalue weighted by Gasteiger charge is 2.04. The van der Waals surface area contributed by atoms with Gasteiger partial charge in [0.2, 0.25) is 0 Å². The Hall–Kier alpha value is -2.63. The molecule has 0 spiro atoms. The number of hydrogen-bond donors (Lipinski definition) is 2. The molecule has 0 saturated carbocycles. The van der Waals surface area contributed by atoms with E-state index < -0.39 is 5.97 Å². The van der Waals surface area contributed by atoms with Crippen LogP contribution in [-0.2, 0) is 4.84 Å². The van der Waals surface area contributed by atoms with E-state index in [4.69, 9.17) is 9.94 Å². The highest BCUT2D eigenvalue weighted by Crippen LogP contribution is 2.12. The number of hydrazone groups is 1. The molecule has 21 heavy (non-hydrogen) atoms. The second kappa shape index (κ2) is 8.52. The van der Waals surface area contributed by atoms with Gasteiger partial charge in [-0.15, -0.1) is 0 Å². The molecule has 2 N–H and O–H groups in total. The zero-order valence-electron chi connectivity index (χ0n) is 12.2. The van der Waals surface area contributed by atoms with Crippen LogP contribution in [0, 0.1) is 0 Å². The van der Waals surface area contributed by atoms with Gasteiger partial charge in [-0.05, 0) is 37.1 Å². The molecule has 0 aliphatic heterocycles. The number of carboxylic acid groups (broad SMARTS) is 1. The van der Waals surface area contributed by atoms with Gasteiger partial charge in [-0.3, -0.25) is 0 Å². The predicted molar refractivity (Wildman–Crippen MR) is 83.7 cm³/mol. The summed E-state index contributed by atoms with van der Waals surface area (Å²) in [7, 11) is 0. The molecule has 0 bridgehead atoms. The van der Waals surface area contributed by atoms with Crippen LogP contribution >= 0.6 is 0 Å². The van der Waals surface area contributed by atoms with Crippen molar-refractivity contribution in [1.82, 2.24) is 5.43 Å². The fourth-order valence-electron chi connectivity index (χ4n) is 1.42. The summed E-state index contributed by atoms with van der Waals surface area (Å²) < 4.78 is 0. The van der Waals surface area contributed by atoms with E-state index >= 15 is 0 Å². The molecule has 0 saturated heterocycles. The summed E-state index contributed by atoms with van der Waals surface area (Å²) in [5.74, 6) is -0.970. The number of nitrogens with one attached hydrogen (secondary N) is 1. The van der Waals surface area contributed by atoms with Gasteiger partial charge < -0.3 is 15.4 Å². The van der Waals surface area contributed by atoms with Gasteiger partial charge in [-0.2, -0.15) is 5.10 Å². The molecular formula is C15H19N3O3. The fourth-order valence-corrected chi connectivity index (χ4v) is 1.42. The lowest BCUT2D eigenvalue weighted by atomic mass is 10.1. The Morgan fingerprint density at radius 3 is 2.86 bits per heavy atom. The van der Waals surface area contributed by atoms with Gasteiger partial charge in [0.25, 0.3) is 0 Å². The van der Waals surface area contributed by atoms with Crippen LogP contribution in [0.25, 0.3) is 5.57 Å². The number of carboxylic acids is 1. The maximum Gasteiger partial charge on any atom is 0.335 e. The van der Waals surface area contributed by atoms with Crippen molar-refractivity contribution in [2.24, 2.45) is 10.3 Å². The normalized spacial score (nSPS) is 11.4. The van der Waals surface area contributed by atoms with Crippen LogP contribution in [-0.4, -0.2) is 36.2 Å². The highest BCUT2D eigenvalue weighted by molar-refractivity contribution is 6.09. The number of benzene rings is 1. The monoisotopic (exact) mass is 289 g/mol. The Kier molecular flexibility index (Phi) is 6.67. The van der Waals surface area contributed by atoms with Crippen molar-refractivity contribution in [2.45, 2.75) is 13.8 Å². The summed E-state index contributed by atoms with van der Waals surface area (Å²) in [4.78, 5) is 15.8. The summed E-state index contributed by atoms with van der Waals surface area (Å²) >= 11 is 0. The Balaban J connectivity index is 2.55. The minimum absolute atomic E-state index is 0.217. The van der Waals surface area contributed by atoms with Crippen LogP contribution in [0.15, 0.2) is 41.1 Å². The molecule has 6 heteroatoms. The summed E-state index contributed by atoms with van der Waals surface area (Å²) in [5, 5.41) is 16.8. The van der Waals surface area contributed by atoms with E-state index in [2.05, 4.69) is 22.3 Å². The van der Waals surface area contributed by atoms with Crippen LogP contribution in [0.3, 0.4) is 0 Å². The molecule has 0 atom stereocenters. The van der Waals surface area contributed by atoms with Crippen molar-refractivity contribution in [2.75, 3.05) is 13.2 Å². The number of allylic oxidation sites excluding steroid dienone is 1. The Morgan fingerprint density at radius 1 is 1.48 bits per heavy atom. The minimum Gasteiger partial charge on any atom is -0.478 e. The van der Waals surface area contributed by atoms with Crippen LogP contribution in [0.5, 0.6) is 0 Å². The molecule has 1 aromatic rings. The molecule has 1 aromatic carbocycles. The second-order valence-corrected chi connectivity index (χ2v) is 4.25. The quantitative estimate of drug-likeness (QED) is 0.568. The Labute approximate surface area is 123 Å². The molecule has 0 aromatic heterocycles. The van der Waals surface area contributed by atoms with Crippen molar-refractivity contribution in [3.63, 3.8) is 0 Å². The molecule has 0 aliphatic rings. The summed E-state index contributed by atoms with van der Waals surface area (Å²) in [6.07, 6.45) is 1.54. The summed E-state index contributed by atoms with van der Waals surface area (Å²) in [5.41, 5.74) is 5.13. The molecule has 0 aliphatic carbocycles. The maximum atomic E-state index is 10.9. The van der Waals surface area contributed by atoms with Crippen molar-refractivity contribution in [3.05, 3.63) is 42.0 Å². The molecule has 0 radical (unpaired) electrons. The van der Waals surface area contributed by atoms with Gasteiger partial charge in [0.05, 0.1) is 24.0 Å². The zero-order valence-corrected chi connectivity index (χ0v) is 12.2. The van der Waals surface area contributed by atoms with Crippen LogP contribution < -0.4 is 5.43 Å². The van der Waals surface area contributed by atoms with Gasteiger partial charge in [-0.1, -0.05) is 23.9 Å². The number of rotatable bonds is 8. The Bertz CT molecular complexity index is 565. The number of carbonyl (C=O) groups is 1. The highest BCUT2D eigenvalue weighted by atomic mass is 16.6. The molecule has 0 fully saturated rings. The molecule has 1 rings (SSSR count). The van der Waals surface area contributed by atoms with E-state index in [9.17, 15) is 4.79 Å². The SMILES string of the molecule is C=C(/C=N\NC/C(C)=N\OCC)c1cccc(C(=O)O)c1. The smallest absolute Gasteiger partial charge is 0.335 e. The molecule has 0 amide bonds. The number of oxime groups is 1. The third-order valence-electron chi connectivity index (χ3n) is 2.48. The van der Waals surface area contributed by atoms with Gasteiger partial charge in [-0.25, -0.2) is 4.79 Å². The molecule has 0 heterocycles. The lowest BCUT2D eigenvalue weighted by Crippen LogP contribution is -2.16. The summed E-state index contributed by atoms with van der Waals surface area (Å²) in [6.45, 7) is 8.52. The first-order valence-corrected chi connectivity index (χ1v) is 6.48. The van der Waals surface area contributed by atoms with Crippen LogP contribution in [0.2, 0.25) is 0 Å². The standard InChI is InChI=1S/C15H19N3O3/c1-4-21-18-12(3)10-17-16-9-11(2)13-6-5-7-14(8-13)15(19)20/h5-9,17H,2,4,10H2,1,3H3,(H,19,20)/b16-9-,18-12-. The lowest BCUT2D eigenvalue weighted by Gasteiger charge is -2.03. The minimum atomic E-state index is -0.970. The van der Waals surface area contributed by atoms with Crippen LogP contribution in [0.4, 0.5) is 0 Å². The fraction of sp³-hybridized carbons (Fsp3) is 0.267. The topological polar surface area (TPSA) is 83.3 Å². The van der Waals surface area contributed by atoms with Gasteiger partial charge in [0.1, 0.15) is 6.61 Å². The zero-order chi connectivity index (χ0) is 15.7. The maximum absolute atomic E-state index is 10.9. The first-order valence-electron chi connectivity index (χ1n) is 6.48. The van der Waals surface area contributed by atoms with E-state index in [1.54, 1.807) is 18.2 Å². The number of nitrogens with zero attached hydrogens (tertiary/aromatic N) is 2. The third-order valence-corrected chi connectivity index (χ3v) is 2.48. The van der Waals surface area contributed by atoms with Crippen molar-refractivity contribution >= 4 is 23.5 Å². The van der Waals surface area contributed by atoms with Crippen LogP contribution in [0.1, 0.15) is 29.8 Å². The van der Waals surface area contributed by atoms with E-state index in [0.717, 1.165) is 5.71 Å². The first-order chi connectivity index (χ1) is 10.0. The molecule has 112 valence electrons. The second-order valence-electron chi connectivity index (χ2n) is 4.25. The van der Waals surface area contributed by atoms with Crippen molar-refractivity contribution in [1.29, 1.82) is 0 Å². The van der Waals surface area contributed by atoms with Crippen molar-refractivity contribution < 1.29 is 14.7 Å². The largest absolute Gasteiger partial charge is 0.478 e. The predicted octanol–water partition coefficient (Wildman–Crippen LogP) is 2.39. The molecule has 6 nitrogen and oxygen atoms in total. The van der Waals surface area contributed by atoms with E-state index in [1.807, 2.05) is 13.8 Å². The van der Waals surface area contributed by atoms with E-state index in [1.165, 1.54) is 12.3 Å². The van der Waals surface area contributed by atoms with Gasteiger partial charge >= 0.3 is 5.97 Å². The van der Waals surface area contributed by atoms with Gasteiger partial charge in [0.15, 0.2) is 0 Å².